The molecule has 6 heteroatoms. The molecule has 1 aromatic carbocycles. The highest BCUT2D eigenvalue weighted by atomic mass is 32.1. The van der Waals surface area contributed by atoms with E-state index in [0.717, 1.165) is 24.2 Å². The zero-order chi connectivity index (χ0) is 17.5. The van der Waals surface area contributed by atoms with Crippen molar-refractivity contribution in [2.45, 2.75) is 39.7 Å². The van der Waals surface area contributed by atoms with E-state index in [4.69, 9.17) is 21.7 Å². The summed E-state index contributed by atoms with van der Waals surface area (Å²) >= 11 is 5.23. The zero-order valence-corrected chi connectivity index (χ0v) is 15.2. The molecular weight excluding hydrogens is 324 g/mol. The van der Waals surface area contributed by atoms with Crippen LogP contribution in [0.5, 0.6) is 5.75 Å². The molecule has 0 radical (unpaired) electrons. The van der Waals surface area contributed by atoms with Gasteiger partial charge in [-0.1, -0.05) is 25.5 Å². The van der Waals surface area contributed by atoms with Crippen LogP contribution >= 0.6 is 12.2 Å². The van der Waals surface area contributed by atoms with E-state index >= 15 is 0 Å². The fraction of sp³-hybridized carbons (Fsp3) is 0.444. The molecular formula is C18H24N2O3S. The third kappa shape index (κ3) is 4.47. The number of ether oxygens (including phenoxy) is 2. The molecule has 0 aliphatic carbocycles. The van der Waals surface area contributed by atoms with Crippen molar-refractivity contribution < 1.29 is 14.3 Å². The van der Waals surface area contributed by atoms with Gasteiger partial charge in [-0.15, -0.1) is 0 Å². The molecule has 5 nitrogen and oxygen atoms in total. The van der Waals surface area contributed by atoms with Crippen LogP contribution in [0.4, 0.5) is 0 Å². The topological polar surface area (TPSA) is 59.6 Å². The second-order valence-corrected chi connectivity index (χ2v) is 5.97. The highest BCUT2D eigenvalue weighted by Gasteiger charge is 2.30. The number of esters is 1. The maximum Gasteiger partial charge on any atom is 0.338 e. The summed E-state index contributed by atoms with van der Waals surface area (Å²) < 4.78 is 10.9. The molecule has 1 aliphatic rings. The Bertz CT molecular complexity index is 626. The summed E-state index contributed by atoms with van der Waals surface area (Å²) in [5.41, 5.74) is 2.19. The van der Waals surface area contributed by atoms with Crippen molar-refractivity contribution in [3.05, 3.63) is 41.1 Å². The molecule has 1 aromatic rings. The van der Waals surface area contributed by atoms with Gasteiger partial charge in [-0.25, -0.2) is 4.79 Å². The van der Waals surface area contributed by atoms with E-state index in [2.05, 4.69) is 17.6 Å². The number of carbonyl (C=O) groups excluding carboxylic acids is 1. The molecule has 0 fully saturated rings. The Balaban J connectivity index is 2.22. The Labute approximate surface area is 148 Å². The lowest BCUT2D eigenvalue weighted by molar-refractivity contribution is -0.139. The first-order chi connectivity index (χ1) is 11.6. The molecule has 0 unspecified atom stereocenters. The van der Waals surface area contributed by atoms with E-state index in [-0.39, 0.29) is 12.0 Å². The molecule has 0 saturated carbocycles. The van der Waals surface area contributed by atoms with E-state index in [1.165, 1.54) is 0 Å². The molecule has 1 atom stereocenters. The van der Waals surface area contributed by atoms with E-state index in [1.54, 1.807) is 6.92 Å². The predicted octanol–water partition coefficient (Wildman–Crippen LogP) is 3.22. The lowest BCUT2D eigenvalue weighted by atomic mass is 9.95. The Morgan fingerprint density at radius 2 is 1.96 bits per heavy atom. The molecule has 1 heterocycles. The number of hydrogen-bond donors (Lipinski definition) is 2. The van der Waals surface area contributed by atoms with Crippen molar-refractivity contribution in [3.8, 4) is 5.75 Å². The second kappa shape index (κ2) is 8.68. The van der Waals surface area contributed by atoms with Crippen molar-refractivity contribution in [3.63, 3.8) is 0 Å². The molecule has 2 rings (SSSR count). The van der Waals surface area contributed by atoms with Crippen LogP contribution in [0.1, 0.15) is 45.2 Å². The minimum absolute atomic E-state index is 0.330. The number of unbranched alkanes of at least 4 members (excludes halogenated alkanes) is 1. The fourth-order valence-corrected chi connectivity index (χ4v) is 2.79. The molecule has 24 heavy (non-hydrogen) atoms. The molecule has 0 bridgehead atoms. The van der Waals surface area contributed by atoms with Gasteiger partial charge in [0.1, 0.15) is 5.75 Å². The molecule has 0 spiro atoms. The minimum Gasteiger partial charge on any atom is -0.494 e. The summed E-state index contributed by atoms with van der Waals surface area (Å²) in [6.45, 7) is 6.79. The van der Waals surface area contributed by atoms with Crippen LogP contribution in [-0.4, -0.2) is 24.3 Å². The van der Waals surface area contributed by atoms with Gasteiger partial charge in [-0.05, 0) is 50.2 Å². The number of rotatable bonds is 7. The molecule has 2 N–H and O–H groups in total. The van der Waals surface area contributed by atoms with Crippen LogP contribution < -0.4 is 15.4 Å². The van der Waals surface area contributed by atoms with Crippen molar-refractivity contribution in [2.75, 3.05) is 13.2 Å². The number of hydrogen-bond acceptors (Lipinski definition) is 4. The lowest BCUT2D eigenvalue weighted by Crippen LogP contribution is -2.45. The third-order valence-corrected chi connectivity index (χ3v) is 3.96. The SMILES string of the molecule is CCCCOc1ccc([C@@H]2NC(=S)NC(C)=C2C(=O)OCC)cc1. The van der Waals surface area contributed by atoms with Crippen molar-refractivity contribution in [1.82, 2.24) is 10.6 Å². The largest absolute Gasteiger partial charge is 0.494 e. The van der Waals surface area contributed by atoms with Gasteiger partial charge in [0.05, 0.1) is 24.8 Å². The van der Waals surface area contributed by atoms with Gasteiger partial charge < -0.3 is 20.1 Å². The van der Waals surface area contributed by atoms with Crippen molar-refractivity contribution in [2.24, 2.45) is 0 Å². The lowest BCUT2D eigenvalue weighted by Gasteiger charge is -2.29. The van der Waals surface area contributed by atoms with Gasteiger partial charge in [0.15, 0.2) is 5.11 Å². The average Bonchev–Trinajstić information content (AvgIpc) is 2.55. The first kappa shape index (κ1) is 18.3. The number of benzene rings is 1. The molecule has 130 valence electrons. The number of nitrogens with one attached hydrogen (secondary N) is 2. The summed E-state index contributed by atoms with van der Waals surface area (Å²) in [4.78, 5) is 12.3. The summed E-state index contributed by atoms with van der Waals surface area (Å²) in [5.74, 6) is 0.480. The van der Waals surface area contributed by atoms with Gasteiger partial charge >= 0.3 is 5.97 Å². The highest BCUT2D eigenvalue weighted by molar-refractivity contribution is 7.80. The highest BCUT2D eigenvalue weighted by Crippen LogP contribution is 2.28. The number of thiocarbonyl (C=S) groups is 1. The molecule has 0 saturated heterocycles. The van der Waals surface area contributed by atoms with Gasteiger partial charge in [0.25, 0.3) is 0 Å². The van der Waals surface area contributed by atoms with E-state index in [0.29, 0.717) is 29.6 Å². The summed E-state index contributed by atoms with van der Waals surface area (Å²) in [5, 5.41) is 6.63. The van der Waals surface area contributed by atoms with E-state index in [1.807, 2.05) is 31.2 Å². The van der Waals surface area contributed by atoms with Crippen molar-refractivity contribution >= 4 is 23.3 Å². The standard InChI is InChI=1S/C18H24N2O3S/c1-4-6-11-23-14-9-7-13(8-10-14)16-15(17(21)22-5-2)12(3)19-18(24)20-16/h7-10,16H,4-6,11H2,1-3H3,(H2,19,20,24)/t16-/m0/s1. The monoisotopic (exact) mass is 348 g/mol. The van der Waals surface area contributed by atoms with Crippen molar-refractivity contribution in [1.29, 1.82) is 0 Å². The maximum absolute atomic E-state index is 12.3. The van der Waals surface area contributed by atoms with Gasteiger partial charge in [0, 0.05) is 5.70 Å². The fourth-order valence-electron chi connectivity index (χ4n) is 2.51. The van der Waals surface area contributed by atoms with Crippen LogP contribution in [0, 0.1) is 0 Å². The van der Waals surface area contributed by atoms with Gasteiger partial charge in [-0.2, -0.15) is 0 Å². The Morgan fingerprint density at radius 1 is 1.25 bits per heavy atom. The van der Waals surface area contributed by atoms with E-state index in [9.17, 15) is 4.79 Å². The third-order valence-electron chi connectivity index (χ3n) is 3.74. The Morgan fingerprint density at radius 3 is 2.58 bits per heavy atom. The zero-order valence-electron chi connectivity index (χ0n) is 14.3. The minimum atomic E-state index is -0.342. The van der Waals surface area contributed by atoms with Gasteiger partial charge in [0.2, 0.25) is 0 Å². The molecule has 0 amide bonds. The van der Waals surface area contributed by atoms with Crippen LogP contribution in [-0.2, 0) is 9.53 Å². The summed E-state index contributed by atoms with van der Waals surface area (Å²) in [6, 6.07) is 7.38. The first-order valence-electron chi connectivity index (χ1n) is 8.25. The van der Waals surface area contributed by atoms with Gasteiger partial charge in [-0.3, -0.25) is 0 Å². The maximum atomic E-state index is 12.3. The normalized spacial score (nSPS) is 17.1. The molecule has 0 aromatic heterocycles. The van der Waals surface area contributed by atoms with Crippen LogP contribution in [0.3, 0.4) is 0 Å². The van der Waals surface area contributed by atoms with Crippen LogP contribution in [0.15, 0.2) is 35.5 Å². The van der Waals surface area contributed by atoms with Crippen LogP contribution in [0.25, 0.3) is 0 Å². The number of carbonyl (C=O) groups is 1. The number of allylic oxidation sites excluding steroid dienone is 1. The second-order valence-electron chi connectivity index (χ2n) is 5.56. The molecule has 1 aliphatic heterocycles. The summed E-state index contributed by atoms with van der Waals surface area (Å²) in [6.07, 6.45) is 2.13. The smallest absolute Gasteiger partial charge is 0.338 e. The quantitative estimate of drug-likeness (QED) is 0.448. The summed E-state index contributed by atoms with van der Waals surface area (Å²) in [7, 11) is 0. The van der Waals surface area contributed by atoms with E-state index < -0.39 is 0 Å². The first-order valence-corrected chi connectivity index (χ1v) is 8.65. The average molecular weight is 348 g/mol. The Kier molecular flexibility index (Phi) is 6.61. The van der Waals surface area contributed by atoms with Crippen LogP contribution in [0.2, 0.25) is 0 Å². The Hall–Kier alpha value is -2.08. The predicted molar refractivity (Wildman–Crippen MR) is 97.8 cm³/mol.